The van der Waals surface area contributed by atoms with E-state index in [0.29, 0.717) is 5.92 Å². The van der Waals surface area contributed by atoms with Crippen molar-refractivity contribution in [1.29, 1.82) is 0 Å². The molecular weight excluding hydrogens is 206 g/mol. The lowest BCUT2D eigenvalue weighted by atomic mass is 10.1. The van der Waals surface area contributed by atoms with Crippen LogP contribution < -0.4 is 0 Å². The molecule has 0 bridgehead atoms. The molecule has 0 aromatic carbocycles. The van der Waals surface area contributed by atoms with Gasteiger partial charge < -0.3 is 4.90 Å². The summed E-state index contributed by atoms with van der Waals surface area (Å²) < 4.78 is 2.21. The van der Waals surface area contributed by atoms with E-state index in [9.17, 15) is 0 Å². The topological polar surface area (TPSA) is 20.5 Å². The Labute approximate surface area is 93.4 Å². The predicted octanol–water partition coefficient (Wildman–Crippen LogP) is 2.12. The lowest BCUT2D eigenvalue weighted by Gasteiger charge is -2.07. The maximum atomic E-state index is 4.71. The third-order valence-electron chi connectivity index (χ3n) is 3.24. The molecule has 1 fully saturated rings. The number of likely N-dealkylation sites (tertiary alicyclic amines) is 1. The minimum Gasteiger partial charge on any atom is -0.306 e. The van der Waals surface area contributed by atoms with Crippen LogP contribution in [-0.2, 0) is 0 Å². The van der Waals surface area contributed by atoms with Crippen LogP contribution in [0.2, 0.25) is 0 Å². The average Bonchev–Trinajstić information content (AvgIpc) is 2.84. The van der Waals surface area contributed by atoms with Crippen LogP contribution in [0.3, 0.4) is 0 Å². The van der Waals surface area contributed by atoms with Gasteiger partial charge in [0.25, 0.3) is 0 Å². The van der Waals surface area contributed by atoms with Crippen LogP contribution in [0.25, 0.3) is 4.83 Å². The average molecular weight is 221 g/mol. The Kier molecular flexibility index (Phi) is 2.07. The number of aryl methyl sites for hydroxylation is 1. The van der Waals surface area contributed by atoms with Crippen LogP contribution in [0.5, 0.6) is 0 Å². The van der Waals surface area contributed by atoms with Crippen molar-refractivity contribution in [2.24, 2.45) is 0 Å². The molecule has 0 spiro atoms. The molecule has 2 aromatic rings. The zero-order valence-corrected chi connectivity index (χ0v) is 9.92. The number of aromatic nitrogens is 2. The monoisotopic (exact) mass is 221 g/mol. The van der Waals surface area contributed by atoms with E-state index < -0.39 is 0 Å². The lowest BCUT2D eigenvalue weighted by Crippen LogP contribution is -2.13. The second kappa shape index (κ2) is 3.32. The van der Waals surface area contributed by atoms with Gasteiger partial charge in [0.05, 0.1) is 5.69 Å². The Hall–Kier alpha value is -0.870. The molecule has 0 saturated carbocycles. The zero-order chi connectivity index (χ0) is 10.4. The van der Waals surface area contributed by atoms with Crippen LogP contribution >= 0.6 is 11.3 Å². The third-order valence-corrected chi connectivity index (χ3v) is 4.12. The Morgan fingerprint density at radius 1 is 1.53 bits per heavy atom. The summed E-state index contributed by atoms with van der Waals surface area (Å²) in [4.78, 5) is 8.44. The van der Waals surface area contributed by atoms with Crippen molar-refractivity contribution in [1.82, 2.24) is 14.3 Å². The first-order valence-electron chi connectivity index (χ1n) is 5.36. The number of hydrogen-bond donors (Lipinski definition) is 0. The van der Waals surface area contributed by atoms with Crippen LogP contribution in [0, 0.1) is 6.92 Å². The van der Waals surface area contributed by atoms with Crippen molar-refractivity contribution in [3.63, 3.8) is 0 Å². The Balaban J connectivity index is 2.06. The fourth-order valence-corrected chi connectivity index (χ4v) is 3.37. The molecule has 0 aliphatic carbocycles. The molecule has 15 heavy (non-hydrogen) atoms. The minimum absolute atomic E-state index is 0.636. The van der Waals surface area contributed by atoms with Crippen molar-refractivity contribution >= 4 is 16.2 Å². The van der Waals surface area contributed by atoms with Gasteiger partial charge in [0.15, 0.2) is 0 Å². The standard InChI is InChI=1S/C11H15N3S/c1-8-12-10(9-3-4-13(2)7-9)11-14(8)5-6-15-11/h5-6,9H,3-4,7H2,1-2H3. The molecule has 1 aliphatic heterocycles. The fraction of sp³-hybridized carbons (Fsp3) is 0.545. The highest BCUT2D eigenvalue weighted by Crippen LogP contribution is 2.31. The summed E-state index contributed by atoms with van der Waals surface area (Å²) >= 11 is 1.80. The molecule has 1 unspecified atom stereocenters. The zero-order valence-electron chi connectivity index (χ0n) is 9.10. The third kappa shape index (κ3) is 1.40. The molecule has 80 valence electrons. The highest BCUT2D eigenvalue weighted by Gasteiger charge is 2.25. The number of thiazole rings is 1. The lowest BCUT2D eigenvalue weighted by molar-refractivity contribution is 0.411. The van der Waals surface area contributed by atoms with Gasteiger partial charge in [-0.2, -0.15) is 0 Å². The molecule has 3 rings (SSSR count). The van der Waals surface area contributed by atoms with E-state index in [4.69, 9.17) is 4.98 Å². The van der Waals surface area contributed by atoms with Crippen molar-refractivity contribution in [2.75, 3.05) is 20.1 Å². The SMILES string of the molecule is Cc1nc(C2CCN(C)C2)c2sccn12. The summed E-state index contributed by atoms with van der Waals surface area (Å²) in [6.45, 7) is 4.44. The van der Waals surface area contributed by atoms with Crippen molar-refractivity contribution < 1.29 is 0 Å². The molecule has 1 atom stereocenters. The largest absolute Gasteiger partial charge is 0.306 e. The molecule has 4 heteroatoms. The number of fused-ring (bicyclic) bond motifs is 1. The van der Waals surface area contributed by atoms with Crippen LogP contribution in [0.1, 0.15) is 23.9 Å². The Morgan fingerprint density at radius 2 is 2.40 bits per heavy atom. The van der Waals surface area contributed by atoms with Gasteiger partial charge in [-0.1, -0.05) is 0 Å². The number of likely N-dealkylation sites (N-methyl/N-ethyl adjacent to an activating group) is 1. The molecule has 0 amide bonds. The number of hydrogen-bond acceptors (Lipinski definition) is 3. The van der Waals surface area contributed by atoms with E-state index >= 15 is 0 Å². The number of nitrogens with zero attached hydrogens (tertiary/aromatic N) is 3. The van der Waals surface area contributed by atoms with Crippen molar-refractivity contribution in [3.8, 4) is 0 Å². The molecule has 1 saturated heterocycles. The summed E-state index contributed by atoms with van der Waals surface area (Å²) in [5.41, 5.74) is 1.31. The van der Waals surface area contributed by atoms with Gasteiger partial charge >= 0.3 is 0 Å². The number of rotatable bonds is 1. The van der Waals surface area contributed by atoms with Gasteiger partial charge in [-0.25, -0.2) is 4.98 Å². The molecule has 3 nitrogen and oxygen atoms in total. The van der Waals surface area contributed by atoms with E-state index in [2.05, 4.69) is 34.8 Å². The van der Waals surface area contributed by atoms with Gasteiger partial charge in [0, 0.05) is 24.0 Å². The summed E-state index contributed by atoms with van der Waals surface area (Å²) in [6.07, 6.45) is 3.37. The van der Waals surface area contributed by atoms with E-state index in [-0.39, 0.29) is 0 Å². The summed E-state index contributed by atoms with van der Waals surface area (Å²) in [5.74, 6) is 1.76. The molecule has 0 radical (unpaired) electrons. The summed E-state index contributed by atoms with van der Waals surface area (Å²) in [5, 5.41) is 2.15. The normalized spacial score (nSPS) is 22.9. The molecule has 3 heterocycles. The predicted molar refractivity (Wildman–Crippen MR) is 62.7 cm³/mol. The molecule has 2 aromatic heterocycles. The Morgan fingerprint density at radius 3 is 3.13 bits per heavy atom. The van der Waals surface area contributed by atoms with Gasteiger partial charge in [-0.3, -0.25) is 4.40 Å². The maximum absolute atomic E-state index is 4.71. The first kappa shape index (κ1) is 9.36. The summed E-state index contributed by atoms with van der Waals surface area (Å²) in [7, 11) is 2.19. The van der Waals surface area contributed by atoms with E-state index in [0.717, 1.165) is 12.4 Å². The van der Waals surface area contributed by atoms with Crippen molar-refractivity contribution in [2.45, 2.75) is 19.3 Å². The van der Waals surface area contributed by atoms with Gasteiger partial charge in [0.1, 0.15) is 10.7 Å². The van der Waals surface area contributed by atoms with Crippen LogP contribution in [0.15, 0.2) is 11.6 Å². The van der Waals surface area contributed by atoms with E-state index in [1.54, 1.807) is 11.3 Å². The molecule has 1 aliphatic rings. The minimum atomic E-state index is 0.636. The van der Waals surface area contributed by atoms with Gasteiger partial charge in [-0.05, 0) is 26.9 Å². The second-order valence-electron chi connectivity index (χ2n) is 4.37. The maximum Gasteiger partial charge on any atom is 0.123 e. The van der Waals surface area contributed by atoms with Gasteiger partial charge in [-0.15, -0.1) is 11.3 Å². The first-order valence-corrected chi connectivity index (χ1v) is 6.24. The van der Waals surface area contributed by atoms with Crippen LogP contribution in [0.4, 0.5) is 0 Å². The van der Waals surface area contributed by atoms with E-state index in [1.165, 1.54) is 23.5 Å². The Bertz CT molecular complexity index is 485. The summed E-state index contributed by atoms with van der Waals surface area (Å²) in [6, 6.07) is 0. The quantitative estimate of drug-likeness (QED) is 0.735. The first-order chi connectivity index (χ1) is 7.25. The number of imidazole rings is 1. The van der Waals surface area contributed by atoms with Crippen molar-refractivity contribution in [3.05, 3.63) is 23.1 Å². The molecule has 0 N–H and O–H groups in total. The molecular formula is C11H15N3S. The van der Waals surface area contributed by atoms with Gasteiger partial charge in [0.2, 0.25) is 0 Å². The highest BCUT2D eigenvalue weighted by atomic mass is 32.1. The smallest absolute Gasteiger partial charge is 0.123 e. The van der Waals surface area contributed by atoms with Crippen LogP contribution in [-0.4, -0.2) is 34.4 Å². The highest BCUT2D eigenvalue weighted by molar-refractivity contribution is 7.15. The van der Waals surface area contributed by atoms with E-state index in [1.807, 2.05) is 0 Å². The second-order valence-corrected chi connectivity index (χ2v) is 5.26. The fourth-order valence-electron chi connectivity index (χ4n) is 2.42.